The zero-order valence-corrected chi connectivity index (χ0v) is 10.9. The van der Waals surface area contributed by atoms with E-state index in [1.165, 1.54) is 12.1 Å². The second-order valence-corrected chi connectivity index (χ2v) is 4.74. The average Bonchev–Trinajstić information content (AvgIpc) is 2.75. The van der Waals surface area contributed by atoms with Gasteiger partial charge in [0.2, 0.25) is 5.95 Å². The molecule has 1 heterocycles. The Morgan fingerprint density at radius 3 is 2.84 bits per heavy atom. The number of anilines is 2. The van der Waals surface area contributed by atoms with Gasteiger partial charge in [-0.25, -0.2) is 9.37 Å². The highest BCUT2D eigenvalue weighted by Crippen LogP contribution is 2.23. The van der Waals surface area contributed by atoms with Crippen LogP contribution in [-0.2, 0) is 0 Å². The van der Waals surface area contributed by atoms with E-state index in [2.05, 4.69) is 15.3 Å². The van der Waals surface area contributed by atoms with E-state index in [9.17, 15) is 4.39 Å². The molecule has 2 aromatic carbocycles. The van der Waals surface area contributed by atoms with E-state index in [0.29, 0.717) is 22.0 Å². The normalized spacial score (nSPS) is 10.9. The summed E-state index contributed by atoms with van der Waals surface area (Å²) in [4.78, 5) is 7.34. The van der Waals surface area contributed by atoms with Gasteiger partial charge < -0.3 is 10.3 Å². The standard InChI is InChI=1S/C14H11ClFN3/c1-8-2-4-10(7-11(8)15)17-14-18-12-5-3-9(16)6-13(12)19-14/h2-7H,1H3,(H2,17,18,19). The second kappa shape index (κ2) is 4.55. The SMILES string of the molecule is Cc1ccc(Nc2nc3ccc(F)cc3[nH]2)cc1Cl. The topological polar surface area (TPSA) is 40.7 Å². The van der Waals surface area contributed by atoms with Crippen molar-refractivity contribution in [2.75, 3.05) is 5.32 Å². The Labute approximate surface area is 114 Å². The van der Waals surface area contributed by atoms with Gasteiger partial charge in [0.05, 0.1) is 11.0 Å². The maximum atomic E-state index is 13.1. The number of nitrogens with zero attached hydrogens (tertiary/aromatic N) is 1. The Morgan fingerprint density at radius 2 is 2.05 bits per heavy atom. The van der Waals surface area contributed by atoms with Gasteiger partial charge in [-0.15, -0.1) is 0 Å². The molecule has 0 fully saturated rings. The van der Waals surface area contributed by atoms with Gasteiger partial charge >= 0.3 is 0 Å². The van der Waals surface area contributed by atoms with Gasteiger partial charge in [-0.05, 0) is 42.8 Å². The maximum absolute atomic E-state index is 13.1. The van der Waals surface area contributed by atoms with E-state index >= 15 is 0 Å². The number of aryl methyl sites for hydroxylation is 1. The van der Waals surface area contributed by atoms with Gasteiger partial charge in [-0.3, -0.25) is 0 Å². The molecule has 0 aliphatic rings. The first kappa shape index (κ1) is 12.0. The van der Waals surface area contributed by atoms with Crippen molar-refractivity contribution in [2.24, 2.45) is 0 Å². The van der Waals surface area contributed by atoms with Gasteiger partial charge in [0.15, 0.2) is 0 Å². The molecule has 1 aromatic heterocycles. The third-order valence-electron chi connectivity index (χ3n) is 2.88. The minimum atomic E-state index is -0.291. The number of fused-ring (bicyclic) bond motifs is 1. The van der Waals surface area contributed by atoms with Crippen LogP contribution >= 0.6 is 11.6 Å². The molecule has 3 nitrogen and oxygen atoms in total. The predicted molar refractivity (Wildman–Crippen MR) is 75.5 cm³/mol. The van der Waals surface area contributed by atoms with Crippen LogP contribution in [0.15, 0.2) is 36.4 Å². The molecule has 3 aromatic rings. The zero-order chi connectivity index (χ0) is 13.4. The Balaban J connectivity index is 1.94. The number of aromatic nitrogens is 2. The van der Waals surface area contributed by atoms with Gasteiger partial charge in [0.25, 0.3) is 0 Å². The Bertz CT molecular complexity index is 752. The Kier molecular flexibility index (Phi) is 2.87. The Morgan fingerprint density at radius 1 is 1.21 bits per heavy atom. The lowest BCUT2D eigenvalue weighted by molar-refractivity contribution is 0.629. The quantitative estimate of drug-likeness (QED) is 0.727. The summed E-state index contributed by atoms with van der Waals surface area (Å²) >= 11 is 6.06. The molecular weight excluding hydrogens is 265 g/mol. The van der Waals surface area contributed by atoms with Crippen molar-refractivity contribution in [3.8, 4) is 0 Å². The van der Waals surface area contributed by atoms with Crippen molar-refractivity contribution in [2.45, 2.75) is 6.92 Å². The summed E-state index contributed by atoms with van der Waals surface area (Å²) in [6.07, 6.45) is 0. The van der Waals surface area contributed by atoms with Crippen molar-refractivity contribution in [3.63, 3.8) is 0 Å². The molecule has 0 radical (unpaired) electrons. The summed E-state index contributed by atoms with van der Waals surface area (Å²) < 4.78 is 13.1. The van der Waals surface area contributed by atoms with Crippen LogP contribution in [-0.4, -0.2) is 9.97 Å². The molecule has 0 saturated heterocycles. The number of imidazole rings is 1. The lowest BCUT2D eigenvalue weighted by Gasteiger charge is -2.04. The monoisotopic (exact) mass is 275 g/mol. The summed E-state index contributed by atoms with van der Waals surface area (Å²) in [5.74, 6) is 0.265. The molecule has 19 heavy (non-hydrogen) atoms. The molecule has 0 amide bonds. The van der Waals surface area contributed by atoms with E-state index in [0.717, 1.165) is 11.3 Å². The van der Waals surface area contributed by atoms with E-state index in [-0.39, 0.29) is 5.82 Å². The van der Waals surface area contributed by atoms with E-state index in [1.54, 1.807) is 6.07 Å². The van der Waals surface area contributed by atoms with Crippen LogP contribution in [0.3, 0.4) is 0 Å². The van der Waals surface area contributed by atoms with Gasteiger partial charge in [-0.2, -0.15) is 0 Å². The van der Waals surface area contributed by atoms with Gasteiger partial charge in [0, 0.05) is 10.7 Å². The number of benzene rings is 2. The van der Waals surface area contributed by atoms with Crippen LogP contribution in [0.4, 0.5) is 16.0 Å². The number of H-pyrrole nitrogens is 1. The van der Waals surface area contributed by atoms with Crippen molar-refractivity contribution in [3.05, 3.63) is 52.8 Å². The predicted octanol–water partition coefficient (Wildman–Crippen LogP) is 4.41. The third kappa shape index (κ3) is 2.39. The maximum Gasteiger partial charge on any atom is 0.205 e. The lowest BCUT2D eigenvalue weighted by Crippen LogP contribution is -1.92. The van der Waals surface area contributed by atoms with E-state index in [4.69, 9.17) is 11.6 Å². The van der Waals surface area contributed by atoms with Crippen molar-refractivity contribution >= 4 is 34.3 Å². The van der Waals surface area contributed by atoms with Crippen molar-refractivity contribution in [1.82, 2.24) is 9.97 Å². The number of hydrogen-bond acceptors (Lipinski definition) is 2. The fourth-order valence-corrected chi connectivity index (χ4v) is 2.03. The second-order valence-electron chi connectivity index (χ2n) is 4.34. The fourth-order valence-electron chi connectivity index (χ4n) is 1.85. The molecule has 5 heteroatoms. The fraction of sp³-hybridized carbons (Fsp3) is 0.0714. The van der Waals surface area contributed by atoms with Crippen LogP contribution in [0.5, 0.6) is 0 Å². The number of rotatable bonds is 2. The molecule has 0 bridgehead atoms. The molecular formula is C14H11ClFN3. The van der Waals surface area contributed by atoms with E-state index in [1.807, 2.05) is 25.1 Å². The van der Waals surface area contributed by atoms with Crippen LogP contribution in [0.1, 0.15) is 5.56 Å². The smallest absolute Gasteiger partial charge is 0.205 e. The molecule has 0 atom stereocenters. The number of nitrogens with one attached hydrogen (secondary N) is 2. The number of halogens is 2. The van der Waals surface area contributed by atoms with Crippen LogP contribution in [0.25, 0.3) is 11.0 Å². The van der Waals surface area contributed by atoms with E-state index < -0.39 is 0 Å². The summed E-state index contributed by atoms with van der Waals surface area (Å²) in [7, 11) is 0. The largest absolute Gasteiger partial charge is 0.326 e. The summed E-state index contributed by atoms with van der Waals surface area (Å²) in [6, 6.07) is 10.1. The van der Waals surface area contributed by atoms with Gasteiger partial charge in [0.1, 0.15) is 5.82 Å². The first-order valence-corrected chi connectivity index (χ1v) is 6.18. The first-order chi connectivity index (χ1) is 9.11. The zero-order valence-electron chi connectivity index (χ0n) is 10.2. The number of aromatic amines is 1. The van der Waals surface area contributed by atoms with Crippen LogP contribution in [0.2, 0.25) is 5.02 Å². The summed E-state index contributed by atoms with van der Waals surface area (Å²) in [5.41, 5.74) is 3.21. The minimum absolute atomic E-state index is 0.291. The molecule has 0 aliphatic carbocycles. The minimum Gasteiger partial charge on any atom is -0.326 e. The molecule has 2 N–H and O–H groups in total. The van der Waals surface area contributed by atoms with Gasteiger partial charge in [-0.1, -0.05) is 17.7 Å². The van der Waals surface area contributed by atoms with Crippen LogP contribution < -0.4 is 5.32 Å². The molecule has 96 valence electrons. The summed E-state index contributed by atoms with van der Waals surface area (Å²) in [6.45, 7) is 1.94. The number of hydrogen-bond donors (Lipinski definition) is 2. The Hall–Kier alpha value is -2.07. The van der Waals surface area contributed by atoms with Crippen molar-refractivity contribution in [1.29, 1.82) is 0 Å². The molecule has 3 rings (SSSR count). The highest BCUT2D eigenvalue weighted by Gasteiger charge is 2.05. The highest BCUT2D eigenvalue weighted by atomic mass is 35.5. The lowest BCUT2D eigenvalue weighted by atomic mass is 10.2. The average molecular weight is 276 g/mol. The van der Waals surface area contributed by atoms with Crippen molar-refractivity contribution < 1.29 is 4.39 Å². The molecule has 0 saturated carbocycles. The molecule has 0 spiro atoms. The first-order valence-electron chi connectivity index (χ1n) is 5.80. The van der Waals surface area contributed by atoms with Crippen LogP contribution in [0, 0.1) is 12.7 Å². The third-order valence-corrected chi connectivity index (χ3v) is 3.29. The molecule has 0 unspecified atom stereocenters. The highest BCUT2D eigenvalue weighted by molar-refractivity contribution is 6.31. The summed E-state index contributed by atoms with van der Waals surface area (Å²) in [5, 5.41) is 3.79. The molecule has 0 aliphatic heterocycles.